The number of hydrogen-bond acceptors (Lipinski definition) is 3. The van der Waals surface area contributed by atoms with Gasteiger partial charge in [-0.25, -0.2) is 9.97 Å². The van der Waals surface area contributed by atoms with E-state index in [0.29, 0.717) is 5.82 Å². The minimum absolute atomic E-state index is 0.708. The lowest BCUT2D eigenvalue weighted by atomic mass is 9.93. The van der Waals surface area contributed by atoms with Crippen LogP contribution in [0.25, 0.3) is 99.3 Å². The molecule has 3 nitrogen and oxygen atoms in total. The molecule has 0 bridgehead atoms. The Morgan fingerprint density at radius 3 is 1.88 bits per heavy atom. The maximum Gasteiger partial charge on any atom is 0.160 e. The molecule has 2 heterocycles. The van der Waals surface area contributed by atoms with Gasteiger partial charge < -0.3 is 4.42 Å². The number of benzene rings is 8. The van der Waals surface area contributed by atoms with E-state index in [1.165, 1.54) is 21.9 Å². The summed E-state index contributed by atoms with van der Waals surface area (Å²) >= 11 is 0. The fraction of sp³-hybridized carbons (Fsp3) is 0. The lowest BCUT2D eigenvalue weighted by Gasteiger charge is -2.11. The first-order chi connectivity index (χ1) is 24.3. The summed E-state index contributed by atoms with van der Waals surface area (Å²) in [6.45, 7) is 0. The Morgan fingerprint density at radius 2 is 1.04 bits per heavy atom. The van der Waals surface area contributed by atoms with E-state index in [-0.39, 0.29) is 0 Å². The summed E-state index contributed by atoms with van der Waals surface area (Å²) in [4.78, 5) is 10.0. The minimum atomic E-state index is 0.708. The molecule has 49 heavy (non-hydrogen) atoms. The van der Waals surface area contributed by atoms with Gasteiger partial charge in [0.1, 0.15) is 11.2 Å². The molecule has 0 spiro atoms. The van der Waals surface area contributed by atoms with Crippen LogP contribution in [0.2, 0.25) is 0 Å². The Balaban J connectivity index is 1.16. The number of hydrogen-bond donors (Lipinski definition) is 0. The van der Waals surface area contributed by atoms with E-state index in [9.17, 15) is 0 Å². The Kier molecular flexibility index (Phi) is 6.18. The maximum absolute atomic E-state index is 6.81. The molecule has 0 N–H and O–H groups in total. The first kappa shape index (κ1) is 27.5. The molecule has 0 fully saturated rings. The number of rotatable bonds is 4. The number of para-hydroxylation sites is 1. The van der Waals surface area contributed by atoms with E-state index in [2.05, 4.69) is 140 Å². The predicted octanol–water partition coefficient (Wildman–Crippen LogP) is 12.5. The molecular weight excluding hydrogens is 597 g/mol. The van der Waals surface area contributed by atoms with E-state index >= 15 is 0 Å². The topological polar surface area (TPSA) is 38.9 Å². The molecule has 2 aromatic heterocycles. The van der Waals surface area contributed by atoms with Crippen molar-refractivity contribution < 1.29 is 4.42 Å². The molecule has 0 saturated heterocycles. The van der Waals surface area contributed by atoms with Crippen molar-refractivity contribution in [2.75, 3.05) is 0 Å². The Hall–Kier alpha value is -6.58. The molecule has 10 aromatic rings. The van der Waals surface area contributed by atoms with Crippen LogP contribution in [-0.4, -0.2) is 9.97 Å². The highest BCUT2D eigenvalue weighted by Crippen LogP contribution is 2.43. The molecule has 0 atom stereocenters. The van der Waals surface area contributed by atoms with Crippen LogP contribution in [0.3, 0.4) is 0 Å². The Labute approximate surface area is 282 Å². The third-order valence-corrected chi connectivity index (χ3v) is 9.67. The molecule has 0 aliphatic rings. The SMILES string of the molecule is c1ccc(-c2nc(-c3ccc4c(c3)oc3c5ccccc5cc(-c5ccc(-c6cccc7ccccc67)cc5)c43)c3ccccc3n2)cc1. The minimum Gasteiger partial charge on any atom is -0.455 e. The molecule has 3 heteroatoms. The molecule has 0 aliphatic carbocycles. The van der Waals surface area contributed by atoms with Crippen LogP contribution in [0.15, 0.2) is 174 Å². The second-order valence-electron chi connectivity index (χ2n) is 12.5. The molecule has 0 aliphatic heterocycles. The van der Waals surface area contributed by atoms with Gasteiger partial charge in [-0.2, -0.15) is 0 Å². The van der Waals surface area contributed by atoms with Gasteiger partial charge in [-0.1, -0.05) is 146 Å². The van der Waals surface area contributed by atoms with E-state index in [0.717, 1.165) is 71.6 Å². The predicted molar refractivity (Wildman–Crippen MR) is 204 cm³/mol. The van der Waals surface area contributed by atoms with Gasteiger partial charge in [0, 0.05) is 32.7 Å². The first-order valence-corrected chi connectivity index (χ1v) is 16.6. The van der Waals surface area contributed by atoms with E-state index in [1.807, 2.05) is 30.3 Å². The van der Waals surface area contributed by atoms with Crippen molar-refractivity contribution in [3.8, 4) is 44.9 Å². The quantitative estimate of drug-likeness (QED) is 0.196. The van der Waals surface area contributed by atoms with Crippen LogP contribution in [0.4, 0.5) is 0 Å². The van der Waals surface area contributed by atoms with Gasteiger partial charge in [0.25, 0.3) is 0 Å². The Morgan fingerprint density at radius 1 is 0.388 bits per heavy atom. The maximum atomic E-state index is 6.81. The van der Waals surface area contributed by atoms with Gasteiger partial charge >= 0.3 is 0 Å². The standard InChI is InChI=1S/C46H28N2O/c1-2-12-32(13-3-1)46-47-41-20-9-8-18-38(41)44(48-46)34-25-26-39-42(28-34)49-45-37-17-7-5-14-33(37)27-40(43(39)45)31-23-21-30(22-24-31)36-19-10-15-29-11-4-6-16-35(29)36/h1-28H. The molecule has 8 aromatic carbocycles. The highest BCUT2D eigenvalue weighted by molar-refractivity contribution is 6.21. The van der Waals surface area contributed by atoms with Crippen LogP contribution < -0.4 is 0 Å². The fourth-order valence-corrected chi connectivity index (χ4v) is 7.31. The second-order valence-corrected chi connectivity index (χ2v) is 12.5. The smallest absolute Gasteiger partial charge is 0.160 e. The summed E-state index contributed by atoms with van der Waals surface area (Å²) in [5.74, 6) is 0.708. The molecule has 228 valence electrons. The average Bonchev–Trinajstić information content (AvgIpc) is 3.57. The zero-order valence-corrected chi connectivity index (χ0v) is 26.5. The number of aromatic nitrogens is 2. The molecule has 0 radical (unpaired) electrons. The van der Waals surface area contributed by atoms with Gasteiger partial charge in [0.2, 0.25) is 0 Å². The van der Waals surface area contributed by atoms with Crippen molar-refractivity contribution in [1.82, 2.24) is 9.97 Å². The van der Waals surface area contributed by atoms with Crippen LogP contribution >= 0.6 is 0 Å². The fourth-order valence-electron chi connectivity index (χ4n) is 7.31. The van der Waals surface area contributed by atoms with Crippen LogP contribution in [0.5, 0.6) is 0 Å². The van der Waals surface area contributed by atoms with Crippen molar-refractivity contribution in [2.24, 2.45) is 0 Å². The molecule has 0 amide bonds. The molecule has 10 rings (SSSR count). The normalized spacial score (nSPS) is 11.7. The largest absolute Gasteiger partial charge is 0.455 e. The number of furan rings is 1. The lowest BCUT2D eigenvalue weighted by molar-refractivity contribution is 0.673. The van der Waals surface area contributed by atoms with Crippen molar-refractivity contribution >= 4 is 54.4 Å². The second kappa shape index (κ2) is 11.0. The summed E-state index contributed by atoms with van der Waals surface area (Å²) < 4.78 is 6.81. The van der Waals surface area contributed by atoms with Crippen LogP contribution in [-0.2, 0) is 0 Å². The monoisotopic (exact) mass is 624 g/mol. The van der Waals surface area contributed by atoms with Crippen LogP contribution in [0, 0.1) is 0 Å². The zero-order valence-electron chi connectivity index (χ0n) is 26.5. The average molecular weight is 625 g/mol. The molecule has 0 saturated carbocycles. The summed E-state index contributed by atoms with van der Waals surface area (Å²) in [5.41, 5.74) is 10.3. The summed E-state index contributed by atoms with van der Waals surface area (Å²) in [6, 6.07) is 59.7. The highest BCUT2D eigenvalue weighted by Gasteiger charge is 2.19. The summed E-state index contributed by atoms with van der Waals surface area (Å²) in [7, 11) is 0. The van der Waals surface area contributed by atoms with Gasteiger partial charge in [0.05, 0.1) is 11.2 Å². The van der Waals surface area contributed by atoms with E-state index < -0.39 is 0 Å². The van der Waals surface area contributed by atoms with Crippen molar-refractivity contribution in [3.05, 3.63) is 170 Å². The first-order valence-electron chi connectivity index (χ1n) is 16.6. The lowest BCUT2D eigenvalue weighted by Crippen LogP contribution is -1.94. The molecule has 0 unspecified atom stereocenters. The van der Waals surface area contributed by atoms with E-state index in [4.69, 9.17) is 14.4 Å². The van der Waals surface area contributed by atoms with E-state index in [1.54, 1.807) is 0 Å². The van der Waals surface area contributed by atoms with Crippen LogP contribution in [0.1, 0.15) is 0 Å². The number of nitrogens with zero attached hydrogens (tertiary/aromatic N) is 2. The van der Waals surface area contributed by atoms with Gasteiger partial charge in [-0.15, -0.1) is 0 Å². The highest BCUT2D eigenvalue weighted by atomic mass is 16.3. The van der Waals surface area contributed by atoms with Gasteiger partial charge in [0.15, 0.2) is 5.82 Å². The Bertz CT molecular complexity index is 2860. The summed E-state index contributed by atoms with van der Waals surface area (Å²) in [6.07, 6.45) is 0. The van der Waals surface area contributed by atoms with Crippen molar-refractivity contribution in [2.45, 2.75) is 0 Å². The van der Waals surface area contributed by atoms with Gasteiger partial charge in [-0.3, -0.25) is 0 Å². The summed E-state index contributed by atoms with van der Waals surface area (Å²) in [5, 5.41) is 7.97. The van der Waals surface area contributed by atoms with Crippen molar-refractivity contribution in [1.29, 1.82) is 0 Å². The zero-order chi connectivity index (χ0) is 32.3. The third kappa shape index (κ3) is 4.51. The van der Waals surface area contributed by atoms with Gasteiger partial charge in [-0.05, 0) is 62.7 Å². The number of fused-ring (bicyclic) bond motifs is 7. The molecular formula is C46H28N2O. The van der Waals surface area contributed by atoms with Crippen molar-refractivity contribution in [3.63, 3.8) is 0 Å². The third-order valence-electron chi connectivity index (χ3n) is 9.67.